The van der Waals surface area contributed by atoms with Gasteiger partial charge in [0.1, 0.15) is 0 Å². The maximum absolute atomic E-state index is 5.64. The monoisotopic (exact) mass is 223 g/mol. The van der Waals surface area contributed by atoms with Gasteiger partial charge < -0.3 is 15.2 Å². The zero-order chi connectivity index (χ0) is 11.8. The third-order valence-corrected chi connectivity index (χ3v) is 2.38. The number of nitrogens with two attached hydrogens (primary N) is 1. The third kappa shape index (κ3) is 3.42. The molecule has 90 valence electrons. The molecule has 1 aromatic rings. The second-order valence-electron chi connectivity index (χ2n) is 3.69. The van der Waals surface area contributed by atoms with Crippen LogP contribution in [0, 0.1) is 0 Å². The van der Waals surface area contributed by atoms with Gasteiger partial charge in [-0.25, -0.2) is 0 Å². The van der Waals surface area contributed by atoms with Crippen LogP contribution in [0.15, 0.2) is 18.2 Å². The van der Waals surface area contributed by atoms with Crippen molar-refractivity contribution in [3.63, 3.8) is 0 Å². The van der Waals surface area contributed by atoms with Gasteiger partial charge in [-0.05, 0) is 37.4 Å². The lowest BCUT2D eigenvalue weighted by Crippen LogP contribution is -2.03. The Bertz CT molecular complexity index is 287. The lowest BCUT2D eigenvalue weighted by molar-refractivity contribution is 0.293. The van der Waals surface area contributed by atoms with Gasteiger partial charge in [0.15, 0.2) is 11.5 Å². The predicted octanol–water partition coefficient (Wildman–Crippen LogP) is 2.38. The second-order valence-corrected chi connectivity index (χ2v) is 3.69. The van der Waals surface area contributed by atoms with Crippen molar-refractivity contribution in [2.45, 2.75) is 26.2 Å². The normalized spacial score (nSPS) is 10.2. The largest absolute Gasteiger partial charge is 0.493 e. The fourth-order valence-corrected chi connectivity index (χ4v) is 1.61. The van der Waals surface area contributed by atoms with Gasteiger partial charge in [0.2, 0.25) is 0 Å². The quantitative estimate of drug-likeness (QED) is 0.772. The van der Waals surface area contributed by atoms with E-state index in [1.54, 1.807) is 7.11 Å². The summed E-state index contributed by atoms with van der Waals surface area (Å²) in [7, 11) is 1.68. The fraction of sp³-hybridized carbons (Fsp3) is 0.538. The maximum Gasteiger partial charge on any atom is 0.163 e. The second kappa shape index (κ2) is 7.12. The molecule has 3 nitrogen and oxygen atoms in total. The number of para-hydroxylation sites is 1. The van der Waals surface area contributed by atoms with E-state index in [1.165, 1.54) is 5.56 Å². The van der Waals surface area contributed by atoms with Gasteiger partial charge in [-0.2, -0.15) is 0 Å². The lowest BCUT2D eigenvalue weighted by atomic mass is 10.1. The van der Waals surface area contributed by atoms with Crippen molar-refractivity contribution in [3.8, 4) is 11.5 Å². The number of rotatable bonds is 7. The Balaban J connectivity index is 2.82. The first kappa shape index (κ1) is 12.8. The van der Waals surface area contributed by atoms with Crippen LogP contribution < -0.4 is 15.2 Å². The standard InChI is InChI=1S/C13H21NO2/c1-3-10-16-12-8-4-6-11(7-5-9-14)13(12)15-2/h4,6,8H,3,5,7,9-10,14H2,1-2H3. The number of hydrogen-bond donors (Lipinski definition) is 1. The summed E-state index contributed by atoms with van der Waals surface area (Å²) in [5.41, 5.74) is 6.68. The van der Waals surface area contributed by atoms with Gasteiger partial charge in [-0.15, -0.1) is 0 Å². The molecule has 0 saturated carbocycles. The van der Waals surface area contributed by atoms with Crippen LogP contribution in [-0.4, -0.2) is 20.3 Å². The molecule has 1 rings (SSSR count). The van der Waals surface area contributed by atoms with Crippen LogP contribution in [0.1, 0.15) is 25.3 Å². The van der Waals surface area contributed by atoms with E-state index in [2.05, 4.69) is 13.0 Å². The minimum absolute atomic E-state index is 0.698. The molecule has 16 heavy (non-hydrogen) atoms. The highest BCUT2D eigenvalue weighted by Crippen LogP contribution is 2.31. The van der Waals surface area contributed by atoms with Crippen molar-refractivity contribution < 1.29 is 9.47 Å². The average Bonchev–Trinajstić information content (AvgIpc) is 2.33. The molecule has 0 radical (unpaired) electrons. The molecule has 0 saturated heterocycles. The summed E-state index contributed by atoms with van der Waals surface area (Å²) in [5, 5.41) is 0. The fourth-order valence-electron chi connectivity index (χ4n) is 1.61. The SMILES string of the molecule is CCCOc1cccc(CCCN)c1OC. The van der Waals surface area contributed by atoms with E-state index in [0.29, 0.717) is 6.54 Å². The van der Waals surface area contributed by atoms with E-state index >= 15 is 0 Å². The van der Waals surface area contributed by atoms with E-state index in [4.69, 9.17) is 15.2 Å². The molecule has 0 aromatic heterocycles. The number of hydrogen-bond acceptors (Lipinski definition) is 3. The van der Waals surface area contributed by atoms with Crippen LogP contribution in [0.2, 0.25) is 0 Å². The highest BCUT2D eigenvalue weighted by Gasteiger charge is 2.09. The Hall–Kier alpha value is -1.22. The zero-order valence-electron chi connectivity index (χ0n) is 10.2. The molecule has 0 aliphatic rings. The smallest absolute Gasteiger partial charge is 0.163 e. The number of methoxy groups -OCH3 is 1. The Kier molecular flexibility index (Phi) is 5.72. The van der Waals surface area contributed by atoms with Crippen LogP contribution in [-0.2, 0) is 6.42 Å². The van der Waals surface area contributed by atoms with E-state index in [-0.39, 0.29) is 0 Å². The summed E-state index contributed by atoms with van der Waals surface area (Å²) in [5.74, 6) is 1.68. The summed E-state index contributed by atoms with van der Waals surface area (Å²) < 4.78 is 11.0. The number of ether oxygens (including phenoxy) is 2. The van der Waals surface area contributed by atoms with E-state index < -0.39 is 0 Å². The highest BCUT2D eigenvalue weighted by molar-refractivity contribution is 5.46. The zero-order valence-corrected chi connectivity index (χ0v) is 10.2. The Morgan fingerprint density at radius 2 is 2.12 bits per heavy atom. The molecule has 0 unspecified atom stereocenters. The Labute approximate surface area is 97.6 Å². The lowest BCUT2D eigenvalue weighted by Gasteiger charge is -2.13. The molecular formula is C13H21NO2. The van der Waals surface area contributed by atoms with Crippen LogP contribution >= 0.6 is 0 Å². The summed E-state index contributed by atoms with van der Waals surface area (Å²) in [6.07, 6.45) is 2.90. The minimum Gasteiger partial charge on any atom is -0.493 e. The van der Waals surface area contributed by atoms with Crippen molar-refractivity contribution in [2.24, 2.45) is 5.73 Å². The van der Waals surface area contributed by atoms with Gasteiger partial charge >= 0.3 is 0 Å². The first-order valence-electron chi connectivity index (χ1n) is 5.82. The molecule has 1 aromatic carbocycles. The van der Waals surface area contributed by atoms with E-state index in [1.807, 2.05) is 12.1 Å². The highest BCUT2D eigenvalue weighted by atomic mass is 16.5. The Morgan fingerprint density at radius 1 is 1.31 bits per heavy atom. The average molecular weight is 223 g/mol. The molecule has 2 N–H and O–H groups in total. The van der Waals surface area contributed by atoms with Crippen LogP contribution in [0.5, 0.6) is 11.5 Å². The van der Waals surface area contributed by atoms with E-state index in [0.717, 1.165) is 37.4 Å². The Morgan fingerprint density at radius 3 is 2.75 bits per heavy atom. The number of benzene rings is 1. The summed E-state index contributed by atoms with van der Waals surface area (Å²) in [4.78, 5) is 0. The molecular weight excluding hydrogens is 202 g/mol. The van der Waals surface area contributed by atoms with E-state index in [9.17, 15) is 0 Å². The topological polar surface area (TPSA) is 44.5 Å². The van der Waals surface area contributed by atoms with Crippen molar-refractivity contribution in [1.82, 2.24) is 0 Å². The molecule has 0 amide bonds. The molecule has 0 bridgehead atoms. The molecule has 0 atom stereocenters. The predicted molar refractivity (Wildman–Crippen MR) is 66.2 cm³/mol. The number of aryl methyl sites for hydroxylation is 1. The van der Waals surface area contributed by atoms with Gasteiger partial charge in [0, 0.05) is 0 Å². The summed E-state index contributed by atoms with van der Waals surface area (Å²) in [6, 6.07) is 6.01. The summed E-state index contributed by atoms with van der Waals surface area (Å²) in [6.45, 7) is 3.50. The van der Waals surface area contributed by atoms with Gasteiger partial charge in [0.05, 0.1) is 13.7 Å². The minimum atomic E-state index is 0.698. The van der Waals surface area contributed by atoms with Gasteiger partial charge in [-0.3, -0.25) is 0 Å². The molecule has 3 heteroatoms. The van der Waals surface area contributed by atoms with Crippen LogP contribution in [0.4, 0.5) is 0 Å². The summed E-state index contributed by atoms with van der Waals surface area (Å²) >= 11 is 0. The molecule has 0 spiro atoms. The molecule has 0 fully saturated rings. The van der Waals surface area contributed by atoms with Gasteiger partial charge in [0.25, 0.3) is 0 Å². The molecule has 0 heterocycles. The first-order valence-corrected chi connectivity index (χ1v) is 5.82. The van der Waals surface area contributed by atoms with Crippen LogP contribution in [0.25, 0.3) is 0 Å². The maximum atomic E-state index is 5.64. The van der Waals surface area contributed by atoms with Crippen molar-refractivity contribution in [1.29, 1.82) is 0 Å². The van der Waals surface area contributed by atoms with Crippen molar-refractivity contribution in [3.05, 3.63) is 23.8 Å². The van der Waals surface area contributed by atoms with Gasteiger partial charge in [-0.1, -0.05) is 19.1 Å². The van der Waals surface area contributed by atoms with Crippen LogP contribution in [0.3, 0.4) is 0 Å². The molecule has 0 aliphatic carbocycles. The third-order valence-electron chi connectivity index (χ3n) is 2.38. The first-order chi connectivity index (χ1) is 7.83. The van der Waals surface area contributed by atoms with Crippen molar-refractivity contribution >= 4 is 0 Å². The van der Waals surface area contributed by atoms with Crippen molar-refractivity contribution in [2.75, 3.05) is 20.3 Å². The molecule has 0 aliphatic heterocycles.